The molecule has 1 fully saturated rings. The highest BCUT2D eigenvalue weighted by atomic mass is 16.1. The lowest BCUT2D eigenvalue weighted by Gasteiger charge is -2.17. The Morgan fingerprint density at radius 2 is 2.03 bits per heavy atom. The average molecular weight is 443 g/mol. The normalized spacial score (nSPS) is 14.2. The summed E-state index contributed by atoms with van der Waals surface area (Å²) in [5, 5.41) is 9.46. The molecule has 1 amide bonds. The first kappa shape index (κ1) is 22.5. The van der Waals surface area contributed by atoms with Gasteiger partial charge in [0, 0.05) is 30.5 Å². The van der Waals surface area contributed by atoms with Crippen LogP contribution in [0.15, 0.2) is 54.9 Å². The van der Waals surface area contributed by atoms with Crippen molar-refractivity contribution in [1.82, 2.24) is 15.0 Å². The Morgan fingerprint density at radius 3 is 2.73 bits per heavy atom. The van der Waals surface area contributed by atoms with Crippen LogP contribution in [0.5, 0.6) is 0 Å². The van der Waals surface area contributed by atoms with Crippen LogP contribution >= 0.6 is 0 Å². The Kier molecular flexibility index (Phi) is 6.98. The van der Waals surface area contributed by atoms with Crippen LogP contribution in [-0.4, -0.2) is 27.9 Å². The summed E-state index contributed by atoms with van der Waals surface area (Å²) < 4.78 is 0. The summed E-state index contributed by atoms with van der Waals surface area (Å²) in [4.78, 5) is 26.2. The fourth-order valence-corrected chi connectivity index (χ4v) is 3.56. The molecule has 1 aromatic carbocycles. The second kappa shape index (κ2) is 10.3. The van der Waals surface area contributed by atoms with Crippen LogP contribution in [0, 0.1) is 0 Å². The first-order valence-electron chi connectivity index (χ1n) is 11.4. The maximum absolute atomic E-state index is 12.7. The monoisotopic (exact) mass is 442 g/mol. The van der Waals surface area contributed by atoms with Crippen molar-refractivity contribution in [3.05, 3.63) is 77.4 Å². The molecule has 1 aliphatic carbocycles. The van der Waals surface area contributed by atoms with Crippen molar-refractivity contribution in [3.8, 4) is 0 Å². The Labute approximate surface area is 194 Å². The van der Waals surface area contributed by atoms with E-state index in [1.54, 1.807) is 12.4 Å². The number of nitrogens with one attached hydrogen (secondary N) is 3. The maximum atomic E-state index is 12.7. The molecule has 2 heterocycles. The van der Waals surface area contributed by atoms with Gasteiger partial charge in [-0.3, -0.25) is 9.78 Å². The molecule has 0 spiro atoms. The van der Waals surface area contributed by atoms with Crippen molar-refractivity contribution in [2.75, 3.05) is 23.0 Å². The van der Waals surface area contributed by atoms with Crippen LogP contribution in [0.1, 0.15) is 72.4 Å². The first-order chi connectivity index (χ1) is 16.1. The van der Waals surface area contributed by atoms with Gasteiger partial charge in [0.1, 0.15) is 11.5 Å². The fourth-order valence-electron chi connectivity index (χ4n) is 3.56. The average Bonchev–Trinajstić information content (AvgIpc) is 3.69. The van der Waals surface area contributed by atoms with Gasteiger partial charge in [-0.1, -0.05) is 25.1 Å². The molecule has 33 heavy (non-hydrogen) atoms. The summed E-state index contributed by atoms with van der Waals surface area (Å²) in [6.45, 7) is 4.13. The molecule has 0 bridgehead atoms. The lowest BCUT2D eigenvalue weighted by atomic mass is 10.1. The number of benzene rings is 1. The molecule has 3 N–H and O–H groups in total. The van der Waals surface area contributed by atoms with E-state index in [0.717, 1.165) is 34.9 Å². The second-order valence-electron chi connectivity index (χ2n) is 8.24. The highest BCUT2D eigenvalue weighted by Crippen LogP contribution is 2.38. The van der Waals surface area contributed by atoms with Gasteiger partial charge in [0.05, 0.1) is 17.8 Å². The fraction of sp³-hybridized carbons (Fsp3) is 0.308. The molecule has 7 nitrogen and oxygen atoms in total. The summed E-state index contributed by atoms with van der Waals surface area (Å²) in [5.74, 6) is 1.81. The SMILES string of the molecule is CC/C=C/c1ncc(NC(C)c2cccc(NC(=O)c3ccc(C4CC4)nc3)c2)nc1NC. The smallest absolute Gasteiger partial charge is 0.257 e. The predicted octanol–water partition coefficient (Wildman–Crippen LogP) is 5.64. The zero-order valence-corrected chi connectivity index (χ0v) is 19.3. The van der Waals surface area contributed by atoms with Gasteiger partial charge in [-0.25, -0.2) is 9.97 Å². The quantitative estimate of drug-likeness (QED) is 0.397. The summed E-state index contributed by atoms with van der Waals surface area (Å²) in [6, 6.07) is 11.6. The van der Waals surface area contributed by atoms with Gasteiger partial charge in [-0.2, -0.15) is 0 Å². The van der Waals surface area contributed by atoms with E-state index >= 15 is 0 Å². The largest absolute Gasteiger partial charge is 0.371 e. The molecule has 1 unspecified atom stereocenters. The molecular weight excluding hydrogens is 412 g/mol. The van der Waals surface area contributed by atoms with Gasteiger partial charge in [0.15, 0.2) is 5.82 Å². The third-order valence-corrected chi connectivity index (χ3v) is 5.60. The summed E-state index contributed by atoms with van der Waals surface area (Å²) in [5.41, 5.74) is 4.20. The molecule has 2 aromatic heterocycles. The third-order valence-electron chi connectivity index (χ3n) is 5.60. The van der Waals surface area contributed by atoms with E-state index < -0.39 is 0 Å². The molecule has 170 valence electrons. The lowest BCUT2D eigenvalue weighted by molar-refractivity contribution is 0.102. The molecule has 3 aromatic rings. The molecule has 0 radical (unpaired) electrons. The first-order valence-corrected chi connectivity index (χ1v) is 11.4. The lowest BCUT2D eigenvalue weighted by Crippen LogP contribution is -2.14. The van der Waals surface area contributed by atoms with Crippen molar-refractivity contribution >= 4 is 29.3 Å². The molecule has 1 aliphatic rings. The number of hydrogen-bond acceptors (Lipinski definition) is 6. The predicted molar refractivity (Wildman–Crippen MR) is 134 cm³/mol. The molecule has 7 heteroatoms. The van der Waals surface area contributed by atoms with Crippen LogP contribution in [0.2, 0.25) is 0 Å². The number of rotatable bonds is 9. The molecule has 1 atom stereocenters. The van der Waals surface area contributed by atoms with Gasteiger partial charge in [-0.15, -0.1) is 0 Å². The Morgan fingerprint density at radius 1 is 1.18 bits per heavy atom. The summed E-state index contributed by atoms with van der Waals surface area (Å²) in [6.07, 6.45) is 10.7. The van der Waals surface area contributed by atoms with Crippen molar-refractivity contribution in [2.45, 2.75) is 45.1 Å². The number of allylic oxidation sites excluding steroid dienone is 1. The van der Waals surface area contributed by atoms with Gasteiger partial charge >= 0.3 is 0 Å². The molecular formula is C26H30N6O. The van der Waals surface area contributed by atoms with Gasteiger partial charge < -0.3 is 16.0 Å². The number of hydrogen-bond donors (Lipinski definition) is 3. The van der Waals surface area contributed by atoms with E-state index in [0.29, 0.717) is 17.3 Å². The zero-order chi connectivity index (χ0) is 23.2. The minimum Gasteiger partial charge on any atom is -0.371 e. The minimum absolute atomic E-state index is 0.0302. The van der Waals surface area contributed by atoms with E-state index in [2.05, 4.69) is 43.9 Å². The van der Waals surface area contributed by atoms with Gasteiger partial charge in [0.25, 0.3) is 5.91 Å². The van der Waals surface area contributed by atoms with Crippen LogP contribution in [0.25, 0.3) is 6.08 Å². The van der Waals surface area contributed by atoms with Crippen molar-refractivity contribution in [3.63, 3.8) is 0 Å². The van der Waals surface area contributed by atoms with Crippen LogP contribution in [-0.2, 0) is 0 Å². The number of aromatic nitrogens is 3. The standard InChI is InChI=1S/C26H30N6O/c1-4-5-9-23-25(27-3)32-24(16-29-23)30-17(2)19-7-6-8-21(14-19)31-26(33)20-12-13-22(28-15-20)18-10-11-18/h5-9,12-18H,4,10-11H2,1-3H3,(H,31,33)(H2,27,30,32)/b9-5+. The number of amides is 1. The van der Waals surface area contributed by atoms with E-state index in [1.165, 1.54) is 12.8 Å². The van der Waals surface area contributed by atoms with Crippen molar-refractivity contribution in [1.29, 1.82) is 0 Å². The van der Waals surface area contributed by atoms with Crippen LogP contribution < -0.4 is 16.0 Å². The summed E-state index contributed by atoms with van der Waals surface area (Å²) in [7, 11) is 1.83. The third kappa shape index (κ3) is 5.74. The Hall–Kier alpha value is -3.74. The van der Waals surface area contributed by atoms with E-state index in [4.69, 9.17) is 0 Å². The Bertz CT molecular complexity index is 1140. The van der Waals surface area contributed by atoms with E-state index in [-0.39, 0.29) is 11.9 Å². The summed E-state index contributed by atoms with van der Waals surface area (Å²) >= 11 is 0. The van der Waals surface area contributed by atoms with Gasteiger partial charge in [0.2, 0.25) is 0 Å². The van der Waals surface area contributed by atoms with Crippen molar-refractivity contribution in [2.24, 2.45) is 0 Å². The van der Waals surface area contributed by atoms with Gasteiger partial charge in [-0.05, 0) is 62.1 Å². The number of pyridine rings is 1. The maximum Gasteiger partial charge on any atom is 0.257 e. The number of nitrogens with zero attached hydrogens (tertiary/aromatic N) is 3. The highest BCUT2D eigenvalue weighted by molar-refractivity contribution is 6.04. The highest BCUT2D eigenvalue weighted by Gasteiger charge is 2.24. The van der Waals surface area contributed by atoms with Crippen LogP contribution in [0.3, 0.4) is 0 Å². The van der Waals surface area contributed by atoms with Crippen LogP contribution in [0.4, 0.5) is 17.3 Å². The van der Waals surface area contributed by atoms with E-state index in [1.807, 2.05) is 56.4 Å². The number of carbonyl (C=O) groups is 1. The minimum atomic E-state index is -0.164. The second-order valence-corrected chi connectivity index (χ2v) is 8.24. The molecule has 0 aliphatic heterocycles. The molecule has 1 saturated carbocycles. The van der Waals surface area contributed by atoms with E-state index in [9.17, 15) is 4.79 Å². The topological polar surface area (TPSA) is 91.8 Å². The van der Waals surface area contributed by atoms with Crippen molar-refractivity contribution < 1.29 is 4.79 Å². The Balaban J connectivity index is 1.42. The molecule has 4 rings (SSSR count). The molecule has 0 saturated heterocycles. The zero-order valence-electron chi connectivity index (χ0n) is 19.3. The number of carbonyl (C=O) groups excluding carboxylic acids is 1. The number of anilines is 3.